The van der Waals surface area contributed by atoms with E-state index in [1.807, 2.05) is 56.3 Å². The van der Waals surface area contributed by atoms with E-state index in [0.717, 1.165) is 15.7 Å². The molecule has 0 aliphatic rings. The maximum atomic E-state index is 12.8. The number of aryl methyl sites for hydroxylation is 1. The Morgan fingerprint density at radius 2 is 1.70 bits per heavy atom. The van der Waals surface area contributed by atoms with E-state index in [-0.39, 0.29) is 18.4 Å². The second-order valence-electron chi connectivity index (χ2n) is 6.71. The number of ether oxygens (including phenoxy) is 1. The molecule has 0 saturated heterocycles. The van der Waals surface area contributed by atoms with Gasteiger partial charge in [0, 0.05) is 28.0 Å². The van der Waals surface area contributed by atoms with E-state index in [4.69, 9.17) is 4.74 Å². The second kappa shape index (κ2) is 10.1. The number of hydrogen-bond acceptors (Lipinski definition) is 3. The standard InChI is InChI=1S/C24H23BrN2O3/c1-3-27(20-7-5-4-6-8-20)24(29)18-9-11-19(12-10-18)26-23(28)16-30-21-13-14-22(25)17(2)15-21/h4-15H,3,16H2,1-2H3,(H,26,28). The summed E-state index contributed by atoms with van der Waals surface area (Å²) in [5, 5.41) is 2.78. The number of benzene rings is 3. The Morgan fingerprint density at radius 3 is 2.33 bits per heavy atom. The van der Waals surface area contributed by atoms with Gasteiger partial charge in [-0.25, -0.2) is 0 Å². The van der Waals surface area contributed by atoms with Crippen LogP contribution in [0, 0.1) is 6.92 Å². The molecule has 154 valence electrons. The van der Waals surface area contributed by atoms with E-state index in [0.29, 0.717) is 23.5 Å². The zero-order chi connectivity index (χ0) is 21.5. The lowest BCUT2D eigenvalue weighted by atomic mass is 10.1. The van der Waals surface area contributed by atoms with E-state index in [1.54, 1.807) is 35.2 Å². The zero-order valence-corrected chi connectivity index (χ0v) is 18.5. The van der Waals surface area contributed by atoms with Gasteiger partial charge in [0.05, 0.1) is 0 Å². The van der Waals surface area contributed by atoms with Crippen LogP contribution in [-0.4, -0.2) is 25.0 Å². The third-order valence-electron chi connectivity index (χ3n) is 4.54. The Labute approximate surface area is 184 Å². The topological polar surface area (TPSA) is 58.6 Å². The molecule has 0 aliphatic heterocycles. The van der Waals surface area contributed by atoms with Crippen molar-refractivity contribution >= 4 is 39.1 Å². The summed E-state index contributed by atoms with van der Waals surface area (Å²) >= 11 is 3.43. The van der Waals surface area contributed by atoms with Gasteiger partial charge in [-0.15, -0.1) is 0 Å². The molecule has 0 heterocycles. The summed E-state index contributed by atoms with van der Waals surface area (Å²) in [6.07, 6.45) is 0. The highest BCUT2D eigenvalue weighted by Gasteiger charge is 2.16. The second-order valence-corrected chi connectivity index (χ2v) is 7.56. The molecule has 0 aromatic heterocycles. The lowest BCUT2D eigenvalue weighted by Gasteiger charge is -2.21. The smallest absolute Gasteiger partial charge is 0.262 e. The van der Waals surface area contributed by atoms with Gasteiger partial charge in [-0.2, -0.15) is 0 Å². The first-order valence-corrected chi connectivity index (χ1v) is 10.4. The van der Waals surface area contributed by atoms with Crippen molar-refractivity contribution in [2.45, 2.75) is 13.8 Å². The van der Waals surface area contributed by atoms with Gasteiger partial charge in [0.2, 0.25) is 0 Å². The van der Waals surface area contributed by atoms with Crippen LogP contribution in [0.1, 0.15) is 22.8 Å². The van der Waals surface area contributed by atoms with Crippen molar-refractivity contribution in [2.75, 3.05) is 23.4 Å². The summed E-state index contributed by atoms with van der Waals surface area (Å²) in [7, 11) is 0. The van der Waals surface area contributed by atoms with Gasteiger partial charge in [0.1, 0.15) is 5.75 Å². The highest BCUT2D eigenvalue weighted by molar-refractivity contribution is 9.10. The van der Waals surface area contributed by atoms with Gasteiger partial charge in [-0.3, -0.25) is 9.59 Å². The fraction of sp³-hybridized carbons (Fsp3) is 0.167. The molecule has 5 nitrogen and oxygen atoms in total. The molecule has 0 fully saturated rings. The number of carbonyl (C=O) groups excluding carboxylic acids is 2. The SMILES string of the molecule is CCN(C(=O)c1ccc(NC(=O)COc2ccc(Br)c(C)c2)cc1)c1ccccc1. The molecule has 0 saturated carbocycles. The van der Waals surface area contributed by atoms with E-state index in [9.17, 15) is 9.59 Å². The van der Waals surface area contributed by atoms with Crippen molar-refractivity contribution in [1.29, 1.82) is 0 Å². The molecule has 6 heteroatoms. The number of carbonyl (C=O) groups is 2. The minimum Gasteiger partial charge on any atom is -0.484 e. The molecule has 0 radical (unpaired) electrons. The van der Waals surface area contributed by atoms with Crippen molar-refractivity contribution in [3.63, 3.8) is 0 Å². The quantitative estimate of drug-likeness (QED) is 0.504. The molecule has 0 bridgehead atoms. The summed E-state index contributed by atoms with van der Waals surface area (Å²) in [4.78, 5) is 26.7. The number of amides is 2. The first-order valence-electron chi connectivity index (χ1n) is 9.63. The largest absolute Gasteiger partial charge is 0.484 e. The Hall–Kier alpha value is -3.12. The molecule has 30 heavy (non-hydrogen) atoms. The highest BCUT2D eigenvalue weighted by Crippen LogP contribution is 2.22. The molecular weight excluding hydrogens is 444 g/mol. The van der Waals surface area contributed by atoms with Crippen molar-refractivity contribution in [3.05, 3.63) is 88.4 Å². The molecule has 0 unspecified atom stereocenters. The molecule has 0 aliphatic carbocycles. The average Bonchev–Trinajstić information content (AvgIpc) is 2.76. The van der Waals surface area contributed by atoms with Crippen molar-refractivity contribution < 1.29 is 14.3 Å². The van der Waals surface area contributed by atoms with Crippen LogP contribution in [0.25, 0.3) is 0 Å². The molecule has 0 spiro atoms. The van der Waals surface area contributed by atoms with Crippen LogP contribution in [0.5, 0.6) is 5.75 Å². The Bertz CT molecular complexity index is 1020. The van der Waals surface area contributed by atoms with Crippen LogP contribution in [0.4, 0.5) is 11.4 Å². The summed E-state index contributed by atoms with van der Waals surface area (Å²) in [5.41, 5.74) is 3.04. The molecule has 3 aromatic carbocycles. The first kappa shape index (κ1) is 21.6. The lowest BCUT2D eigenvalue weighted by Crippen LogP contribution is -2.30. The van der Waals surface area contributed by atoms with Crippen molar-refractivity contribution in [1.82, 2.24) is 0 Å². The van der Waals surface area contributed by atoms with Crippen LogP contribution < -0.4 is 15.0 Å². The van der Waals surface area contributed by atoms with Gasteiger partial charge < -0.3 is 15.0 Å². The van der Waals surface area contributed by atoms with Gasteiger partial charge >= 0.3 is 0 Å². The number of nitrogens with one attached hydrogen (secondary N) is 1. The predicted molar refractivity (Wildman–Crippen MR) is 123 cm³/mol. The number of hydrogen-bond donors (Lipinski definition) is 1. The van der Waals surface area contributed by atoms with Crippen molar-refractivity contribution in [2.24, 2.45) is 0 Å². The zero-order valence-electron chi connectivity index (χ0n) is 16.9. The maximum absolute atomic E-state index is 12.8. The molecular formula is C24H23BrN2O3. The number of para-hydroxylation sites is 1. The summed E-state index contributed by atoms with van der Waals surface area (Å²) in [6, 6.07) is 21.9. The fourth-order valence-electron chi connectivity index (χ4n) is 2.96. The summed E-state index contributed by atoms with van der Waals surface area (Å²) in [5.74, 6) is 0.275. The van der Waals surface area contributed by atoms with E-state index in [2.05, 4.69) is 21.2 Å². The first-order chi connectivity index (χ1) is 14.5. The highest BCUT2D eigenvalue weighted by atomic mass is 79.9. The molecule has 3 rings (SSSR count). The molecule has 1 N–H and O–H groups in total. The Kier molecular flexibility index (Phi) is 7.25. The van der Waals surface area contributed by atoms with Gasteiger partial charge in [-0.05, 0) is 74.0 Å². The number of nitrogens with zero attached hydrogens (tertiary/aromatic N) is 1. The van der Waals surface area contributed by atoms with Crippen molar-refractivity contribution in [3.8, 4) is 5.75 Å². The van der Waals surface area contributed by atoms with Crippen LogP contribution in [0.2, 0.25) is 0 Å². The van der Waals surface area contributed by atoms with Crippen LogP contribution in [0.15, 0.2) is 77.3 Å². The predicted octanol–water partition coefficient (Wildman–Crippen LogP) is 5.44. The summed E-state index contributed by atoms with van der Waals surface area (Å²) in [6.45, 7) is 4.36. The van der Waals surface area contributed by atoms with Gasteiger partial charge in [0.15, 0.2) is 6.61 Å². The number of anilines is 2. The number of rotatable bonds is 7. The van der Waals surface area contributed by atoms with Crippen LogP contribution in [-0.2, 0) is 4.79 Å². The molecule has 2 amide bonds. The van der Waals surface area contributed by atoms with Gasteiger partial charge in [0.25, 0.3) is 11.8 Å². The van der Waals surface area contributed by atoms with E-state index in [1.165, 1.54) is 0 Å². The minimum atomic E-state index is -0.269. The maximum Gasteiger partial charge on any atom is 0.262 e. The lowest BCUT2D eigenvalue weighted by molar-refractivity contribution is -0.118. The average molecular weight is 467 g/mol. The third kappa shape index (κ3) is 5.48. The molecule has 0 atom stereocenters. The third-order valence-corrected chi connectivity index (χ3v) is 5.43. The minimum absolute atomic E-state index is 0.0875. The fourth-order valence-corrected chi connectivity index (χ4v) is 3.20. The molecule has 3 aromatic rings. The normalized spacial score (nSPS) is 10.4. The Balaban J connectivity index is 1.58. The number of halogens is 1. The van der Waals surface area contributed by atoms with Gasteiger partial charge in [-0.1, -0.05) is 34.1 Å². The Morgan fingerprint density at radius 1 is 1.00 bits per heavy atom. The van der Waals surface area contributed by atoms with E-state index < -0.39 is 0 Å². The van der Waals surface area contributed by atoms with E-state index >= 15 is 0 Å². The summed E-state index contributed by atoms with van der Waals surface area (Å²) < 4.78 is 6.53. The van der Waals surface area contributed by atoms with Crippen LogP contribution >= 0.6 is 15.9 Å². The van der Waals surface area contributed by atoms with Crippen LogP contribution in [0.3, 0.4) is 0 Å². The monoisotopic (exact) mass is 466 g/mol.